The maximum atomic E-state index is 11.9. The maximum absolute atomic E-state index is 11.9. The number of hydrogen-bond donors (Lipinski definition) is 2. The first kappa shape index (κ1) is 11.8. The van der Waals surface area contributed by atoms with Crippen LogP contribution in [0.2, 0.25) is 0 Å². The number of aromatic nitrogens is 2. The molecule has 2 unspecified atom stereocenters. The highest BCUT2D eigenvalue weighted by atomic mass is 32.1. The molecule has 3 heterocycles. The Bertz CT molecular complexity index is 620. The lowest BCUT2D eigenvalue weighted by Gasteiger charge is -2.22. The summed E-state index contributed by atoms with van der Waals surface area (Å²) >= 11 is 1.43. The molecule has 0 radical (unpaired) electrons. The number of aromatic amines is 1. The average molecular weight is 264 g/mol. The van der Waals surface area contributed by atoms with Crippen molar-refractivity contribution in [2.75, 3.05) is 6.54 Å². The van der Waals surface area contributed by atoms with Gasteiger partial charge in [-0.3, -0.25) is 9.69 Å². The van der Waals surface area contributed by atoms with Crippen LogP contribution in [0.25, 0.3) is 10.2 Å². The minimum Gasteiger partial charge on any atom is -0.326 e. The molecule has 0 saturated carbocycles. The highest BCUT2D eigenvalue weighted by molar-refractivity contribution is 7.17. The lowest BCUT2D eigenvalue weighted by Crippen LogP contribution is -2.37. The van der Waals surface area contributed by atoms with Crippen molar-refractivity contribution < 1.29 is 0 Å². The van der Waals surface area contributed by atoms with Gasteiger partial charge >= 0.3 is 0 Å². The average Bonchev–Trinajstić information content (AvgIpc) is 2.91. The number of thiophene rings is 1. The van der Waals surface area contributed by atoms with E-state index in [9.17, 15) is 4.79 Å². The summed E-state index contributed by atoms with van der Waals surface area (Å²) in [6.45, 7) is 3.75. The summed E-state index contributed by atoms with van der Waals surface area (Å²) in [6, 6.07) is 2.45. The fourth-order valence-corrected chi connectivity index (χ4v) is 3.17. The number of hydrogen-bond acceptors (Lipinski definition) is 5. The summed E-state index contributed by atoms with van der Waals surface area (Å²) in [4.78, 5) is 21.5. The molecule has 0 spiro atoms. The van der Waals surface area contributed by atoms with Gasteiger partial charge in [0.2, 0.25) is 0 Å². The van der Waals surface area contributed by atoms with E-state index in [-0.39, 0.29) is 11.6 Å². The molecule has 1 saturated heterocycles. The van der Waals surface area contributed by atoms with Gasteiger partial charge in [0.25, 0.3) is 5.56 Å². The number of nitrogens with two attached hydrogens (primary N) is 1. The molecule has 3 N–H and O–H groups in total. The highest BCUT2D eigenvalue weighted by Crippen LogP contribution is 2.19. The second-order valence-corrected chi connectivity index (χ2v) is 5.73. The first-order chi connectivity index (χ1) is 8.65. The predicted octanol–water partition coefficient (Wildman–Crippen LogP) is 0.906. The van der Waals surface area contributed by atoms with E-state index < -0.39 is 0 Å². The molecule has 2 aromatic heterocycles. The van der Waals surface area contributed by atoms with E-state index in [2.05, 4.69) is 21.8 Å². The third kappa shape index (κ3) is 1.96. The quantitative estimate of drug-likeness (QED) is 0.845. The fourth-order valence-electron chi connectivity index (χ4n) is 2.44. The molecule has 1 fully saturated rings. The summed E-state index contributed by atoms with van der Waals surface area (Å²) in [6.07, 6.45) is 1.01. The van der Waals surface area contributed by atoms with E-state index in [1.807, 2.05) is 11.4 Å². The van der Waals surface area contributed by atoms with E-state index >= 15 is 0 Å². The zero-order valence-corrected chi connectivity index (χ0v) is 11.0. The van der Waals surface area contributed by atoms with Crippen LogP contribution in [-0.2, 0) is 6.54 Å². The van der Waals surface area contributed by atoms with Gasteiger partial charge in [-0.15, -0.1) is 11.3 Å². The van der Waals surface area contributed by atoms with Gasteiger partial charge in [-0.2, -0.15) is 0 Å². The third-order valence-corrected chi connectivity index (χ3v) is 4.56. The van der Waals surface area contributed by atoms with Crippen LogP contribution in [0.1, 0.15) is 19.2 Å². The van der Waals surface area contributed by atoms with E-state index in [4.69, 9.17) is 5.73 Å². The SMILES string of the molecule is CC1C(N)CCN1Cc1nc2ccsc2c(=O)[nH]1. The lowest BCUT2D eigenvalue weighted by atomic mass is 10.2. The van der Waals surface area contributed by atoms with Crippen molar-refractivity contribution >= 4 is 21.6 Å². The van der Waals surface area contributed by atoms with E-state index in [1.165, 1.54) is 11.3 Å². The maximum Gasteiger partial charge on any atom is 0.268 e. The van der Waals surface area contributed by atoms with Crippen molar-refractivity contribution in [3.05, 3.63) is 27.6 Å². The van der Waals surface area contributed by atoms with Crippen molar-refractivity contribution in [3.8, 4) is 0 Å². The van der Waals surface area contributed by atoms with Crippen LogP contribution >= 0.6 is 11.3 Å². The highest BCUT2D eigenvalue weighted by Gasteiger charge is 2.28. The zero-order valence-electron chi connectivity index (χ0n) is 10.2. The first-order valence-electron chi connectivity index (χ1n) is 6.11. The number of H-pyrrole nitrogens is 1. The minimum absolute atomic E-state index is 0.0406. The second kappa shape index (κ2) is 4.46. The number of rotatable bonds is 2. The van der Waals surface area contributed by atoms with Gasteiger partial charge in [0.05, 0.1) is 12.1 Å². The molecular formula is C12H16N4OS. The summed E-state index contributed by atoms with van der Waals surface area (Å²) in [5, 5.41) is 1.89. The normalized spacial score (nSPS) is 25.0. The number of nitrogens with one attached hydrogen (secondary N) is 1. The molecule has 0 amide bonds. The second-order valence-electron chi connectivity index (χ2n) is 4.81. The van der Waals surface area contributed by atoms with Crippen molar-refractivity contribution in [1.29, 1.82) is 0 Å². The van der Waals surface area contributed by atoms with Gasteiger partial charge in [0.15, 0.2) is 0 Å². The van der Waals surface area contributed by atoms with E-state index in [0.29, 0.717) is 17.3 Å². The van der Waals surface area contributed by atoms with Crippen LogP contribution < -0.4 is 11.3 Å². The van der Waals surface area contributed by atoms with Crippen LogP contribution in [0.3, 0.4) is 0 Å². The lowest BCUT2D eigenvalue weighted by molar-refractivity contribution is 0.245. The fraction of sp³-hybridized carbons (Fsp3) is 0.500. The summed E-state index contributed by atoms with van der Waals surface area (Å²) in [7, 11) is 0. The Kier molecular flexibility index (Phi) is 2.93. The zero-order chi connectivity index (χ0) is 12.7. The van der Waals surface area contributed by atoms with Gasteiger partial charge < -0.3 is 10.7 Å². The number of nitrogens with zero attached hydrogens (tertiary/aromatic N) is 2. The van der Waals surface area contributed by atoms with Gasteiger partial charge in [-0.25, -0.2) is 4.98 Å². The molecule has 3 rings (SSSR count). The molecule has 0 aliphatic carbocycles. The molecule has 2 aromatic rings. The first-order valence-corrected chi connectivity index (χ1v) is 6.99. The Morgan fingerprint density at radius 1 is 1.67 bits per heavy atom. The Balaban J connectivity index is 1.89. The van der Waals surface area contributed by atoms with E-state index in [0.717, 1.165) is 24.3 Å². The Hall–Kier alpha value is -1.24. The number of fused-ring (bicyclic) bond motifs is 1. The van der Waals surface area contributed by atoms with Gasteiger partial charge in [-0.1, -0.05) is 0 Å². The molecule has 1 aliphatic heterocycles. The molecule has 5 nitrogen and oxygen atoms in total. The van der Waals surface area contributed by atoms with Gasteiger partial charge in [0, 0.05) is 18.6 Å². The Labute approximate surface area is 109 Å². The van der Waals surface area contributed by atoms with Crippen molar-refractivity contribution in [1.82, 2.24) is 14.9 Å². The number of likely N-dealkylation sites (tertiary alicyclic amines) is 1. The van der Waals surface area contributed by atoms with Crippen LogP contribution in [0.15, 0.2) is 16.2 Å². The molecule has 2 atom stereocenters. The topological polar surface area (TPSA) is 75.0 Å². The van der Waals surface area contributed by atoms with Crippen molar-refractivity contribution in [3.63, 3.8) is 0 Å². The van der Waals surface area contributed by atoms with Crippen molar-refractivity contribution in [2.45, 2.75) is 32.0 Å². The standard InChI is InChI=1S/C12H16N4OS/c1-7-8(13)2-4-16(7)6-10-14-9-3-5-18-11(9)12(17)15-10/h3,5,7-8H,2,4,6,13H2,1H3,(H,14,15,17). The van der Waals surface area contributed by atoms with Crippen LogP contribution in [0.5, 0.6) is 0 Å². The van der Waals surface area contributed by atoms with Gasteiger partial charge in [-0.05, 0) is 24.8 Å². The molecule has 96 valence electrons. The summed E-state index contributed by atoms with van der Waals surface area (Å²) in [5.41, 5.74) is 6.74. The minimum atomic E-state index is -0.0406. The predicted molar refractivity (Wildman–Crippen MR) is 72.7 cm³/mol. The molecule has 1 aliphatic rings. The largest absolute Gasteiger partial charge is 0.326 e. The monoisotopic (exact) mass is 264 g/mol. The van der Waals surface area contributed by atoms with Crippen LogP contribution in [-0.4, -0.2) is 33.5 Å². The molecule has 6 heteroatoms. The van der Waals surface area contributed by atoms with Crippen LogP contribution in [0, 0.1) is 0 Å². The summed E-state index contributed by atoms with van der Waals surface area (Å²) < 4.78 is 0.699. The Morgan fingerprint density at radius 2 is 2.50 bits per heavy atom. The van der Waals surface area contributed by atoms with E-state index in [1.54, 1.807) is 0 Å². The van der Waals surface area contributed by atoms with Gasteiger partial charge in [0.1, 0.15) is 10.5 Å². The Morgan fingerprint density at radius 3 is 3.22 bits per heavy atom. The summed E-state index contributed by atoms with van der Waals surface area (Å²) in [5.74, 6) is 0.729. The smallest absolute Gasteiger partial charge is 0.268 e. The molecule has 0 bridgehead atoms. The molecule has 18 heavy (non-hydrogen) atoms. The van der Waals surface area contributed by atoms with Crippen molar-refractivity contribution in [2.24, 2.45) is 5.73 Å². The molecular weight excluding hydrogens is 248 g/mol. The third-order valence-electron chi connectivity index (χ3n) is 3.66. The van der Waals surface area contributed by atoms with Crippen LogP contribution in [0.4, 0.5) is 0 Å². The molecule has 0 aromatic carbocycles.